The van der Waals surface area contributed by atoms with Crippen molar-refractivity contribution in [3.63, 3.8) is 0 Å². The van der Waals surface area contributed by atoms with Crippen LogP contribution in [0.15, 0.2) is 60.1 Å². The molecule has 1 aliphatic rings. The van der Waals surface area contributed by atoms with Crippen molar-refractivity contribution >= 4 is 28.1 Å². The van der Waals surface area contributed by atoms with Crippen LogP contribution in [0.2, 0.25) is 0 Å². The number of hydrogen-bond acceptors (Lipinski definition) is 6. The first-order chi connectivity index (χ1) is 14.6. The molecule has 0 aliphatic carbocycles. The fourth-order valence-electron chi connectivity index (χ4n) is 4.01. The Morgan fingerprint density at radius 2 is 1.83 bits per heavy atom. The second kappa shape index (κ2) is 8.93. The Bertz CT molecular complexity index is 970. The van der Waals surface area contributed by atoms with E-state index in [1.54, 1.807) is 5.51 Å². The molecule has 0 bridgehead atoms. The van der Waals surface area contributed by atoms with Crippen LogP contribution in [-0.2, 0) is 9.53 Å². The van der Waals surface area contributed by atoms with Gasteiger partial charge in [0, 0.05) is 24.7 Å². The number of ether oxygens (including phenoxy) is 1. The molecule has 0 radical (unpaired) electrons. The number of nitrogens with one attached hydrogen (secondary N) is 1. The minimum absolute atomic E-state index is 0.0788. The van der Waals surface area contributed by atoms with Gasteiger partial charge in [-0.15, -0.1) is 10.2 Å². The van der Waals surface area contributed by atoms with E-state index in [0.29, 0.717) is 5.13 Å². The molecule has 7 heteroatoms. The van der Waals surface area contributed by atoms with Crippen molar-refractivity contribution in [2.24, 2.45) is 5.41 Å². The average molecular weight is 423 g/mol. The van der Waals surface area contributed by atoms with Crippen LogP contribution in [0, 0.1) is 5.41 Å². The Hall–Kier alpha value is -2.77. The maximum absolute atomic E-state index is 13.3. The second-order valence-electron chi connectivity index (χ2n) is 7.96. The SMILES string of the molecule is CC(C)(C(=O)Nc1nncs1)C(c1ccccc1)c1cccc(N2CCOCC2)c1. The summed E-state index contributed by atoms with van der Waals surface area (Å²) in [5.41, 5.74) is 4.29. The van der Waals surface area contributed by atoms with Crippen molar-refractivity contribution in [1.29, 1.82) is 0 Å². The van der Waals surface area contributed by atoms with Crippen LogP contribution >= 0.6 is 11.3 Å². The fourth-order valence-corrected chi connectivity index (χ4v) is 4.45. The molecule has 1 fully saturated rings. The van der Waals surface area contributed by atoms with Gasteiger partial charge >= 0.3 is 0 Å². The topological polar surface area (TPSA) is 67.4 Å². The van der Waals surface area contributed by atoms with Crippen molar-refractivity contribution in [2.45, 2.75) is 19.8 Å². The Morgan fingerprint density at radius 3 is 2.53 bits per heavy atom. The summed E-state index contributed by atoms with van der Waals surface area (Å²) in [6.45, 7) is 7.20. The quantitative estimate of drug-likeness (QED) is 0.646. The maximum Gasteiger partial charge on any atom is 0.232 e. The number of nitrogens with zero attached hydrogens (tertiary/aromatic N) is 3. The molecule has 1 atom stereocenters. The zero-order valence-electron chi connectivity index (χ0n) is 17.2. The first-order valence-electron chi connectivity index (χ1n) is 10.1. The van der Waals surface area contributed by atoms with Gasteiger partial charge in [-0.1, -0.05) is 67.6 Å². The minimum atomic E-state index is -0.712. The van der Waals surface area contributed by atoms with Crippen LogP contribution in [0.3, 0.4) is 0 Å². The van der Waals surface area contributed by atoms with E-state index < -0.39 is 5.41 Å². The molecular formula is C23H26N4O2S. The molecule has 1 unspecified atom stereocenters. The lowest BCUT2D eigenvalue weighted by Crippen LogP contribution is -2.38. The number of amides is 1. The van der Waals surface area contributed by atoms with Gasteiger partial charge in [-0.25, -0.2) is 0 Å². The minimum Gasteiger partial charge on any atom is -0.378 e. The summed E-state index contributed by atoms with van der Waals surface area (Å²) in [7, 11) is 0. The summed E-state index contributed by atoms with van der Waals surface area (Å²) in [5, 5.41) is 11.2. The summed E-state index contributed by atoms with van der Waals surface area (Å²) in [6.07, 6.45) is 0. The second-order valence-corrected chi connectivity index (χ2v) is 8.79. The van der Waals surface area contributed by atoms with Crippen molar-refractivity contribution in [2.75, 3.05) is 36.5 Å². The number of rotatable bonds is 6. The highest BCUT2D eigenvalue weighted by atomic mass is 32.1. The first-order valence-corrected chi connectivity index (χ1v) is 11.0. The zero-order chi connectivity index (χ0) is 21.0. The van der Waals surface area contributed by atoms with E-state index in [0.717, 1.165) is 43.1 Å². The highest BCUT2D eigenvalue weighted by Crippen LogP contribution is 2.42. The van der Waals surface area contributed by atoms with E-state index in [1.165, 1.54) is 11.3 Å². The van der Waals surface area contributed by atoms with Crippen molar-refractivity contribution in [3.05, 3.63) is 71.2 Å². The Labute approximate surface area is 180 Å². The third-order valence-electron chi connectivity index (χ3n) is 5.60. The molecule has 2 aromatic carbocycles. The summed E-state index contributed by atoms with van der Waals surface area (Å²) < 4.78 is 5.50. The summed E-state index contributed by atoms with van der Waals surface area (Å²) in [4.78, 5) is 15.6. The van der Waals surface area contributed by atoms with Crippen molar-refractivity contribution in [3.8, 4) is 0 Å². The Kier molecular flexibility index (Phi) is 6.11. The van der Waals surface area contributed by atoms with E-state index in [1.807, 2.05) is 32.0 Å². The Morgan fingerprint density at radius 1 is 1.10 bits per heavy atom. The van der Waals surface area contributed by atoms with Gasteiger partial charge in [0.15, 0.2) is 0 Å². The molecule has 156 valence electrons. The van der Waals surface area contributed by atoms with Gasteiger partial charge in [0.2, 0.25) is 11.0 Å². The van der Waals surface area contributed by atoms with Gasteiger partial charge < -0.3 is 15.0 Å². The monoisotopic (exact) mass is 422 g/mol. The van der Waals surface area contributed by atoms with E-state index in [2.05, 4.69) is 56.8 Å². The van der Waals surface area contributed by atoms with Crippen LogP contribution in [0.4, 0.5) is 10.8 Å². The van der Waals surface area contributed by atoms with E-state index in [9.17, 15) is 4.79 Å². The van der Waals surface area contributed by atoms with Gasteiger partial charge in [0.25, 0.3) is 0 Å². The van der Waals surface area contributed by atoms with Crippen LogP contribution in [0.1, 0.15) is 30.9 Å². The molecule has 0 saturated carbocycles. The van der Waals surface area contributed by atoms with Gasteiger partial charge in [-0.3, -0.25) is 4.79 Å². The molecule has 2 heterocycles. The van der Waals surface area contributed by atoms with E-state index in [-0.39, 0.29) is 11.8 Å². The average Bonchev–Trinajstić information content (AvgIpc) is 3.28. The van der Waals surface area contributed by atoms with E-state index in [4.69, 9.17) is 4.74 Å². The zero-order valence-corrected chi connectivity index (χ0v) is 18.1. The van der Waals surface area contributed by atoms with Gasteiger partial charge in [0.1, 0.15) is 5.51 Å². The summed E-state index contributed by atoms with van der Waals surface area (Å²) in [5.74, 6) is -0.197. The number of benzene rings is 2. The lowest BCUT2D eigenvalue weighted by molar-refractivity contribution is -0.124. The Balaban J connectivity index is 1.71. The summed E-state index contributed by atoms with van der Waals surface area (Å²) in [6, 6.07) is 18.8. The molecule has 1 N–H and O–H groups in total. The van der Waals surface area contributed by atoms with Crippen LogP contribution in [0.25, 0.3) is 0 Å². The van der Waals surface area contributed by atoms with Crippen molar-refractivity contribution in [1.82, 2.24) is 10.2 Å². The number of morpholine rings is 1. The molecule has 1 saturated heterocycles. The van der Waals surface area contributed by atoms with Gasteiger partial charge in [-0.05, 0) is 23.3 Å². The van der Waals surface area contributed by atoms with Crippen LogP contribution in [0.5, 0.6) is 0 Å². The van der Waals surface area contributed by atoms with Gasteiger partial charge in [0.05, 0.1) is 18.6 Å². The van der Waals surface area contributed by atoms with Gasteiger partial charge in [-0.2, -0.15) is 0 Å². The molecule has 6 nitrogen and oxygen atoms in total. The molecular weight excluding hydrogens is 396 g/mol. The number of carbonyl (C=O) groups excluding carboxylic acids is 1. The summed E-state index contributed by atoms with van der Waals surface area (Å²) >= 11 is 1.32. The lowest BCUT2D eigenvalue weighted by atomic mass is 9.70. The molecule has 1 aliphatic heterocycles. The molecule has 30 heavy (non-hydrogen) atoms. The first kappa shape index (κ1) is 20.5. The fraction of sp³-hybridized carbons (Fsp3) is 0.348. The normalized spacial score (nSPS) is 15.6. The molecule has 4 rings (SSSR count). The smallest absolute Gasteiger partial charge is 0.232 e. The molecule has 1 amide bonds. The third kappa shape index (κ3) is 4.37. The lowest BCUT2D eigenvalue weighted by Gasteiger charge is -2.35. The number of anilines is 2. The predicted octanol–water partition coefficient (Wildman–Crippen LogP) is 4.17. The number of hydrogen-bond donors (Lipinski definition) is 1. The van der Waals surface area contributed by atoms with E-state index >= 15 is 0 Å². The highest BCUT2D eigenvalue weighted by Gasteiger charge is 2.39. The number of aromatic nitrogens is 2. The predicted molar refractivity (Wildman–Crippen MR) is 120 cm³/mol. The van der Waals surface area contributed by atoms with Crippen LogP contribution in [-0.4, -0.2) is 42.4 Å². The highest BCUT2D eigenvalue weighted by molar-refractivity contribution is 7.13. The van der Waals surface area contributed by atoms with Crippen molar-refractivity contribution < 1.29 is 9.53 Å². The molecule has 3 aromatic rings. The largest absolute Gasteiger partial charge is 0.378 e. The molecule has 1 aromatic heterocycles. The standard InChI is InChI=1S/C23H26N4O2S/c1-23(2,21(28)25-22-26-24-16-30-22)20(17-7-4-3-5-8-17)18-9-6-10-19(15-18)27-11-13-29-14-12-27/h3-10,15-16,20H,11-14H2,1-2H3,(H,25,26,28). The maximum atomic E-state index is 13.3. The number of carbonyl (C=O) groups is 1. The third-order valence-corrected chi connectivity index (χ3v) is 6.21. The van der Waals surface area contributed by atoms with Crippen LogP contribution < -0.4 is 10.2 Å². The molecule has 0 spiro atoms.